The molecular weight excluding hydrogens is 347 g/mol. The van der Waals surface area contributed by atoms with Gasteiger partial charge in [-0.05, 0) is 42.0 Å². The fourth-order valence-electron chi connectivity index (χ4n) is 2.35. The van der Waals surface area contributed by atoms with E-state index in [2.05, 4.69) is 5.32 Å². The van der Waals surface area contributed by atoms with Gasteiger partial charge >= 0.3 is 0 Å². The number of quaternary nitrogens is 1. The lowest BCUT2D eigenvalue weighted by atomic mass is 10.2. The van der Waals surface area contributed by atoms with Gasteiger partial charge in [-0.2, -0.15) is 0 Å². The number of halogens is 2. The van der Waals surface area contributed by atoms with Crippen molar-refractivity contribution in [2.75, 3.05) is 20.7 Å². The summed E-state index contributed by atoms with van der Waals surface area (Å²) in [4.78, 5) is 13.2. The molecule has 0 bridgehead atoms. The number of amides is 1. The Hall–Kier alpha value is -1.75. The molecule has 0 saturated heterocycles. The van der Waals surface area contributed by atoms with Gasteiger partial charge in [0, 0.05) is 22.2 Å². The summed E-state index contributed by atoms with van der Waals surface area (Å²) in [5, 5.41) is 4.03. The maximum atomic E-state index is 12.1. The van der Waals surface area contributed by atoms with Gasteiger partial charge in [-0.15, -0.1) is 0 Å². The summed E-state index contributed by atoms with van der Waals surface area (Å²) in [6, 6.07) is 13.1. The molecule has 0 spiro atoms. The number of nitrogens with one attached hydrogen (secondary N) is 2. The summed E-state index contributed by atoms with van der Waals surface area (Å²) in [6.45, 7) is 1.54. The van der Waals surface area contributed by atoms with Crippen LogP contribution in [0.1, 0.15) is 11.1 Å². The molecule has 1 atom stereocenters. The third-order valence-corrected chi connectivity index (χ3v) is 4.21. The minimum atomic E-state index is -0.0213. The Morgan fingerprint density at radius 1 is 1.17 bits per heavy atom. The Bertz CT molecular complexity index is 690. The van der Waals surface area contributed by atoms with E-state index in [1.54, 1.807) is 19.2 Å². The third-order valence-electron chi connectivity index (χ3n) is 3.62. The number of hydrogen-bond acceptors (Lipinski definition) is 2. The number of hydrogen-bond donors (Lipinski definition) is 2. The van der Waals surface area contributed by atoms with E-state index >= 15 is 0 Å². The summed E-state index contributed by atoms with van der Waals surface area (Å²) < 4.78 is 5.14. The summed E-state index contributed by atoms with van der Waals surface area (Å²) in [6.07, 6.45) is 0. The van der Waals surface area contributed by atoms with Crippen LogP contribution >= 0.6 is 23.2 Å². The predicted octanol–water partition coefficient (Wildman–Crippen LogP) is 2.33. The van der Waals surface area contributed by atoms with Crippen LogP contribution in [0.2, 0.25) is 10.0 Å². The molecule has 0 fully saturated rings. The second kappa shape index (κ2) is 8.92. The zero-order valence-electron chi connectivity index (χ0n) is 13.7. The Morgan fingerprint density at radius 3 is 2.50 bits per heavy atom. The van der Waals surface area contributed by atoms with Crippen molar-refractivity contribution >= 4 is 29.1 Å². The first-order chi connectivity index (χ1) is 11.5. The molecule has 1 unspecified atom stereocenters. The van der Waals surface area contributed by atoms with Crippen molar-refractivity contribution < 1.29 is 14.4 Å². The van der Waals surface area contributed by atoms with Crippen molar-refractivity contribution in [2.45, 2.75) is 13.1 Å². The first kappa shape index (κ1) is 18.6. The summed E-state index contributed by atoms with van der Waals surface area (Å²) in [5.41, 5.74) is 2.00. The van der Waals surface area contributed by atoms with E-state index in [0.717, 1.165) is 28.3 Å². The lowest BCUT2D eigenvalue weighted by Crippen LogP contribution is -3.08. The van der Waals surface area contributed by atoms with Gasteiger partial charge in [-0.25, -0.2) is 0 Å². The minimum absolute atomic E-state index is 0.0213. The largest absolute Gasteiger partial charge is 0.497 e. The number of methoxy groups -OCH3 is 1. The van der Waals surface area contributed by atoms with Gasteiger partial charge in [0.15, 0.2) is 6.54 Å². The van der Waals surface area contributed by atoms with Gasteiger partial charge in [-0.1, -0.05) is 29.3 Å². The highest BCUT2D eigenvalue weighted by atomic mass is 35.5. The molecule has 128 valence electrons. The normalized spacial score (nSPS) is 11.8. The number of benzene rings is 2. The van der Waals surface area contributed by atoms with Crippen LogP contribution in [0.5, 0.6) is 5.75 Å². The molecule has 4 nitrogen and oxygen atoms in total. The average molecular weight is 368 g/mol. The molecule has 0 aromatic heterocycles. The van der Waals surface area contributed by atoms with Gasteiger partial charge in [0.25, 0.3) is 5.91 Å². The zero-order chi connectivity index (χ0) is 17.5. The van der Waals surface area contributed by atoms with E-state index in [9.17, 15) is 4.79 Å². The number of ether oxygens (including phenoxy) is 1. The molecular formula is C18H21Cl2N2O2+. The molecule has 24 heavy (non-hydrogen) atoms. The second-order valence-electron chi connectivity index (χ2n) is 5.67. The number of carbonyl (C=O) groups is 1. The Balaban J connectivity index is 1.80. The standard InChI is InChI=1S/C18H20Cl2N2O2/c1-22(11-13-3-7-16(24-2)8-4-13)12-18(23)21-10-14-5-6-15(19)9-17(14)20/h3-9H,10-12H2,1-2H3,(H,21,23)/p+1. The fraction of sp³-hybridized carbons (Fsp3) is 0.278. The lowest BCUT2D eigenvalue weighted by Gasteiger charge is -2.14. The second-order valence-corrected chi connectivity index (χ2v) is 6.51. The van der Waals surface area contributed by atoms with Gasteiger partial charge in [-0.3, -0.25) is 4.79 Å². The van der Waals surface area contributed by atoms with Gasteiger partial charge < -0.3 is 15.0 Å². The average Bonchev–Trinajstić information content (AvgIpc) is 2.54. The van der Waals surface area contributed by atoms with Crippen molar-refractivity contribution in [1.82, 2.24) is 5.32 Å². The van der Waals surface area contributed by atoms with Crippen molar-refractivity contribution in [3.63, 3.8) is 0 Å². The quantitative estimate of drug-likeness (QED) is 0.788. The predicted molar refractivity (Wildman–Crippen MR) is 96.8 cm³/mol. The Labute approximate surface area is 152 Å². The highest BCUT2D eigenvalue weighted by Gasteiger charge is 2.11. The van der Waals surface area contributed by atoms with Crippen molar-refractivity contribution in [2.24, 2.45) is 0 Å². The maximum absolute atomic E-state index is 12.1. The highest BCUT2D eigenvalue weighted by molar-refractivity contribution is 6.35. The molecule has 2 aromatic carbocycles. The molecule has 2 rings (SSSR count). The first-order valence-electron chi connectivity index (χ1n) is 7.63. The fourth-order valence-corrected chi connectivity index (χ4v) is 2.83. The van der Waals surface area contributed by atoms with Gasteiger partial charge in [0.2, 0.25) is 0 Å². The van der Waals surface area contributed by atoms with Crippen LogP contribution in [0.4, 0.5) is 0 Å². The molecule has 1 amide bonds. The van der Waals surface area contributed by atoms with Crippen LogP contribution in [0.3, 0.4) is 0 Å². The Kier molecular flexibility index (Phi) is 6.91. The number of carbonyl (C=O) groups excluding carboxylic acids is 1. The zero-order valence-corrected chi connectivity index (χ0v) is 15.2. The van der Waals surface area contributed by atoms with E-state index in [0.29, 0.717) is 23.1 Å². The first-order valence-corrected chi connectivity index (χ1v) is 8.38. The maximum Gasteiger partial charge on any atom is 0.275 e. The minimum Gasteiger partial charge on any atom is -0.497 e. The van der Waals surface area contributed by atoms with Crippen LogP contribution < -0.4 is 15.0 Å². The van der Waals surface area contributed by atoms with Crippen LogP contribution in [-0.2, 0) is 17.9 Å². The molecule has 0 aliphatic carbocycles. The van der Waals surface area contributed by atoms with Gasteiger partial charge in [0.05, 0.1) is 14.2 Å². The Morgan fingerprint density at radius 2 is 1.88 bits per heavy atom. The van der Waals surface area contributed by atoms with E-state index in [-0.39, 0.29) is 5.91 Å². The third kappa shape index (κ3) is 5.71. The molecule has 0 radical (unpaired) electrons. The van der Waals surface area contributed by atoms with Crippen LogP contribution in [0.25, 0.3) is 0 Å². The smallest absolute Gasteiger partial charge is 0.275 e. The van der Waals surface area contributed by atoms with Crippen molar-refractivity contribution in [3.05, 3.63) is 63.6 Å². The summed E-state index contributed by atoms with van der Waals surface area (Å²) in [7, 11) is 3.63. The van der Waals surface area contributed by atoms with Crippen LogP contribution in [0.15, 0.2) is 42.5 Å². The number of rotatable bonds is 7. The molecule has 2 N–H and O–H groups in total. The highest BCUT2D eigenvalue weighted by Crippen LogP contribution is 2.20. The van der Waals surface area contributed by atoms with E-state index in [1.807, 2.05) is 37.4 Å². The van der Waals surface area contributed by atoms with Crippen molar-refractivity contribution in [3.8, 4) is 5.75 Å². The van der Waals surface area contributed by atoms with Crippen molar-refractivity contribution in [1.29, 1.82) is 0 Å². The molecule has 6 heteroatoms. The summed E-state index contributed by atoms with van der Waals surface area (Å²) in [5.74, 6) is 0.806. The molecule has 0 aliphatic rings. The topological polar surface area (TPSA) is 42.8 Å². The molecule has 2 aromatic rings. The van der Waals surface area contributed by atoms with Crippen LogP contribution in [0, 0.1) is 0 Å². The SMILES string of the molecule is COc1ccc(C[NH+](C)CC(=O)NCc2ccc(Cl)cc2Cl)cc1. The summed E-state index contributed by atoms with van der Waals surface area (Å²) >= 11 is 12.0. The molecule has 0 aliphatic heterocycles. The lowest BCUT2D eigenvalue weighted by molar-refractivity contribution is -0.885. The van der Waals surface area contributed by atoms with Crippen LogP contribution in [-0.4, -0.2) is 26.6 Å². The molecule has 0 heterocycles. The van der Waals surface area contributed by atoms with E-state index in [4.69, 9.17) is 27.9 Å². The number of likely N-dealkylation sites (N-methyl/N-ethyl adjacent to an activating group) is 1. The monoisotopic (exact) mass is 367 g/mol. The van der Waals surface area contributed by atoms with E-state index in [1.165, 1.54) is 0 Å². The van der Waals surface area contributed by atoms with Gasteiger partial charge in [0.1, 0.15) is 12.3 Å². The molecule has 0 saturated carbocycles. The van der Waals surface area contributed by atoms with E-state index < -0.39 is 0 Å².